The summed E-state index contributed by atoms with van der Waals surface area (Å²) in [7, 11) is 0. The molecular weight excluding hydrogens is 356 g/mol. The van der Waals surface area contributed by atoms with Crippen molar-refractivity contribution in [3.63, 3.8) is 0 Å². The molecule has 0 aliphatic carbocycles. The van der Waals surface area contributed by atoms with Gasteiger partial charge in [-0.2, -0.15) is 0 Å². The van der Waals surface area contributed by atoms with E-state index in [0.717, 1.165) is 12.8 Å². The van der Waals surface area contributed by atoms with E-state index in [4.69, 9.17) is 4.74 Å². The van der Waals surface area contributed by atoms with Crippen LogP contribution in [0.5, 0.6) is 0 Å². The number of hydrogen-bond acceptors (Lipinski definition) is 4. The van der Waals surface area contributed by atoms with Gasteiger partial charge in [0.2, 0.25) is 0 Å². The Hall–Kier alpha value is -3.15. The maximum Gasteiger partial charge on any atom is 0.340 e. The number of anilines is 1. The standard InChI is InChI=1S/C22H24N2O4/c1-16-8-7-13-24(14-16)20(25)15-28-22(27)18-11-5-6-12-19(18)23-21(26)17-9-3-2-4-10-17/h2-6,9-12,16H,7-8,13-15H2,1H3,(H,23,26)/t16-/m0/s1. The average Bonchev–Trinajstić information content (AvgIpc) is 2.72. The minimum atomic E-state index is -0.637. The lowest BCUT2D eigenvalue weighted by Gasteiger charge is -2.30. The molecule has 1 heterocycles. The van der Waals surface area contributed by atoms with Crippen LogP contribution in [0.2, 0.25) is 0 Å². The molecule has 28 heavy (non-hydrogen) atoms. The molecule has 3 rings (SSSR count). The Morgan fingerprint density at radius 1 is 1.07 bits per heavy atom. The maximum absolute atomic E-state index is 12.5. The molecule has 2 amide bonds. The quantitative estimate of drug-likeness (QED) is 0.807. The number of piperidine rings is 1. The van der Waals surface area contributed by atoms with Gasteiger partial charge in [0.1, 0.15) is 0 Å². The van der Waals surface area contributed by atoms with E-state index in [2.05, 4.69) is 12.2 Å². The van der Waals surface area contributed by atoms with Crippen molar-refractivity contribution in [1.29, 1.82) is 0 Å². The van der Waals surface area contributed by atoms with Crippen LogP contribution in [0.4, 0.5) is 5.69 Å². The third kappa shape index (κ3) is 4.97. The van der Waals surface area contributed by atoms with Crippen LogP contribution < -0.4 is 5.32 Å². The molecule has 6 heteroatoms. The van der Waals surface area contributed by atoms with E-state index in [1.165, 1.54) is 0 Å². The summed E-state index contributed by atoms with van der Waals surface area (Å²) in [4.78, 5) is 38.9. The van der Waals surface area contributed by atoms with Crippen molar-refractivity contribution in [2.75, 3.05) is 25.0 Å². The molecule has 0 bridgehead atoms. The van der Waals surface area contributed by atoms with E-state index in [0.29, 0.717) is 30.3 Å². The molecule has 2 aromatic carbocycles. The fourth-order valence-electron chi connectivity index (χ4n) is 3.27. The summed E-state index contributed by atoms with van der Waals surface area (Å²) < 4.78 is 5.22. The monoisotopic (exact) mass is 380 g/mol. The van der Waals surface area contributed by atoms with Crippen LogP contribution in [0.1, 0.15) is 40.5 Å². The lowest BCUT2D eigenvalue weighted by Crippen LogP contribution is -2.41. The van der Waals surface area contributed by atoms with Crippen molar-refractivity contribution < 1.29 is 19.1 Å². The topological polar surface area (TPSA) is 75.7 Å². The summed E-state index contributed by atoms with van der Waals surface area (Å²) >= 11 is 0. The van der Waals surface area contributed by atoms with Crippen LogP contribution in [-0.2, 0) is 9.53 Å². The van der Waals surface area contributed by atoms with Gasteiger partial charge in [0.15, 0.2) is 6.61 Å². The lowest BCUT2D eigenvalue weighted by molar-refractivity contribution is -0.136. The number of para-hydroxylation sites is 1. The van der Waals surface area contributed by atoms with Crippen molar-refractivity contribution in [2.45, 2.75) is 19.8 Å². The number of nitrogens with zero attached hydrogens (tertiary/aromatic N) is 1. The molecule has 146 valence electrons. The van der Waals surface area contributed by atoms with Gasteiger partial charge in [0, 0.05) is 18.7 Å². The number of hydrogen-bond donors (Lipinski definition) is 1. The third-order valence-corrected chi connectivity index (χ3v) is 4.77. The van der Waals surface area contributed by atoms with Crippen LogP contribution in [0, 0.1) is 5.92 Å². The third-order valence-electron chi connectivity index (χ3n) is 4.77. The number of carbonyl (C=O) groups is 3. The Morgan fingerprint density at radius 2 is 1.79 bits per heavy atom. The average molecular weight is 380 g/mol. The van der Waals surface area contributed by atoms with Crippen molar-refractivity contribution >= 4 is 23.5 Å². The summed E-state index contributed by atoms with van der Waals surface area (Å²) in [5.41, 5.74) is 1.05. The van der Waals surface area contributed by atoms with Gasteiger partial charge < -0.3 is 15.0 Å². The van der Waals surface area contributed by atoms with Crippen molar-refractivity contribution in [3.05, 3.63) is 65.7 Å². The molecule has 0 unspecified atom stereocenters. The number of benzene rings is 2. The van der Waals surface area contributed by atoms with Crippen LogP contribution in [-0.4, -0.2) is 42.4 Å². The highest BCUT2D eigenvalue weighted by molar-refractivity contribution is 6.08. The van der Waals surface area contributed by atoms with Crippen LogP contribution >= 0.6 is 0 Å². The van der Waals surface area contributed by atoms with Crippen molar-refractivity contribution in [1.82, 2.24) is 4.90 Å². The number of esters is 1. The summed E-state index contributed by atoms with van der Waals surface area (Å²) in [6.45, 7) is 3.20. The Kier molecular flexibility index (Phi) is 6.42. The highest BCUT2D eigenvalue weighted by Crippen LogP contribution is 2.18. The summed E-state index contributed by atoms with van der Waals surface area (Å²) in [6, 6.07) is 15.3. The first-order valence-electron chi connectivity index (χ1n) is 9.45. The van der Waals surface area contributed by atoms with Gasteiger partial charge in [0.25, 0.3) is 11.8 Å². The molecule has 6 nitrogen and oxygen atoms in total. The van der Waals surface area contributed by atoms with E-state index in [1.54, 1.807) is 53.4 Å². The molecule has 0 radical (unpaired) electrons. The second kappa shape index (κ2) is 9.17. The second-order valence-corrected chi connectivity index (χ2v) is 7.03. The number of nitrogens with one attached hydrogen (secondary N) is 1. The second-order valence-electron chi connectivity index (χ2n) is 7.03. The fourth-order valence-corrected chi connectivity index (χ4v) is 3.27. The van der Waals surface area contributed by atoms with Gasteiger partial charge >= 0.3 is 5.97 Å². The number of rotatable bonds is 5. The normalized spacial score (nSPS) is 16.3. The molecule has 2 aromatic rings. The van der Waals surface area contributed by atoms with E-state index < -0.39 is 5.97 Å². The first-order valence-corrected chi connectivity index (χ1v) is 9.45. The zero-order valence-electron chi connectivity index (χ0n) is 15.9. The van der Waals surface area contributed by atoms with E-state index in [-0.39, 0.29) is 24.0 Å². The van der Waals surface area contributed by atoms with Gasteiger partial charge in [-0.05, 0) is 43.0 Å². The molecule has 1 atom stereocenters. The lowest BCUT2D eigenvalue weighted by atomic mass is 10.0. The Morgan fingerprint density at radius 3 is 2.54 bits per heavy atom. The smallest absolute Gasteiger partial charge is 0.340 e. The van der Waals surface area contributed by atoms with E-state index >= 15 is 0 Å². The van der Waals surface area contributed by atoms with Gasteiger partial charge in [-0.25, -0.2) is 4.79 Å². The SMILES string of the molecule is C[C@H]1CCCN(C(=O)COC(=O)c2ccccc2NC(=O)c2ccccc2)C1. The van der Waals surface area contributed by atoms with Crippen molar-refractivity contribution in [2.24, 2.45) is 5.92 Å². The van der Waals surface area contributed by atoms with Crippen LogP contribution in [0.15, 0.2) is 54.6 Å². The van der Waals surface area contributed by atoms with Crippen LogP contribution in [0.3, 0.4) is 0 Å². The Balaban J connectivity index is 1.62. The maximum atomic E-state index is 12.5. The predicted octanol–water partition coefficient (Wildman–Crippen LogP) is 3.35. The predicted molar refractivity (Wildman–Crippen MR) is 106 cm³/mol. The van der Waals surface area contributed by atoms with E-state index in [1.807, 2.05) is 6.07 Å². The molecule has 0 saturated carbocycles. The first kappa shape index (κ1) is 19.6. The van der Waals surface area contributed by atoms with E-state index in [9.17, 15) is 14.4 Å². The molecule has 0 aromatic heterocycles. The summed E-state index contributed by atoms with van der Waals surface area (Å²) in [6.07, 6.45) is 2.08. The highest BCUT2D eigenvalue weighted by Gasteiger charge is 2.23. The molecule has 1 N–H and O–H groups in total. The molecule has 0 spiro atoms. The van der Waals surface area contributed by atoms with Gasteiger partial charge in [-0.3, -0.25) is 9.59 Å². The Bertz CT molecular complexity index is 851. The molecular formula is C22H24N2O4. The van der Waals surface area contributed by atoms with Gasteiger partial charge in [-0.15, -0.1) is 0 Å². The molecule has 1 aliphatic heterocycles. The molecule has 1 fully saturated rings. The van der Waals surface area contributed by atoms with Crippen molar-refractivity contribution in [3.8, 4) is 0 Å². The number of likely N-dealkylation sites (tertiary alicyclic amines) is 1. The number of carbonyl (C=O) groups excluding carboxylic acids is 3. The summed E-state index contributed by atoms with van der Waals surface area (Å²) in [5.74, 6) is -0.686. The minimum Gasteiger partial charge on any atom is -0.452 e. The minimum absolute atomic E-state index is 0.189. The number of ether oxygens (including phenoxy) is 1. The Labute approximate surface area is 164 Å². The molecule has 1 saturated heterocycles. The first-order chi connectivity index (χ1) is 13.5. The number of amides is 2. The largest absolute Gasteiger partial charge is 0.452 e. The zero-order chi connectivity index (χ0) is 19.9. The van der Waals surface area contributed by atoms with Gasteiger partial charge in [-0.1, -0.05) is 37.3 Å². The zero-order valence-corrected chi connectivity index (χ0v) is 15.9. The van der Waals surface area contributed by atoms with Gasteiger partial charge in [0.05, 0.1) is 11.3 Å². The summed E-state index contributed by atoms with van der Waals surface area (Å²) in [5, 5.41) is 2.73. The fraction of sp³-hybridized carbons (Fsp3) is 0.318. The molecule has 1 aliphatic rings. The highest BCUT2D eigenvalue weighted by atomic mass is 16.5. The van der Waals surface area contributed by atoms with Crippen LogP contribution in [0.25, 0.3) is 0 Å².